The van der Waals surface area contributed by atoms with E-state index in [0.717, 1.165) is 24.1 Å². The summed E-state index contributed by atoms with van der Waals surface area (Å²) in [6.45, 7) is 0. The van der Waals surface area contributed by atoms with Crippen molar-refractivity contribution < 1.29 is 4.79 Å². The second kappa shape index (κ2) is 5.31. The average molecular weight is 252 g/mol. The molecule has 3 nitrogen and oxygen atoms in total. The first kappa shape index (κ1) is 12.0. The van der Waals surface area contributed by atoms with Gasteiger partial charge in [-0.05, 0) is 48.9 Å². The van der Waals surface area contributed by atoms with Crippen molar-refractivity contribution >= 4 is 5.78 Å². The molecule has 0 spiro atoms. The first-order valence-corrected chi connectivity index (χ1v) is 6.73. The average Bonchev–Trinajstić information content (AvgIpc) is 2.48. The number of ketones is 1. The molecule has 0 radical (unpaired) electrons. The number of fused-ring (bicyclic) bond motifs is 1. The molecular weight excluding hydrogens is 236 g/mol. The van der Waals surface area contributed by atoms with Crippen molar-refractivity contribution in [1.82, 2.24) is 9.97 Å². The molecule has 2 aromatic rings. The van der Waals surface area contributed by atoms with Crippen molar-refractivity contribution in [2.45, 2.75) is 32.1 Å². The second-order valence-corrected chi connectivity index (χ2v) is 4.99. The van der Waals surface area contributed by atoms with Crippen LogP contribution in [0, 0.1) is 0 Å². The number of hydrogen-bond acceptors (Lipinski definition) is 3. The molecule has 0 unspecified atom stereocenters. The Hall–Kier alpha value is -2.03. The molecule has 96 valence electrons. The maximum Gasteiger partial charge on any atom is 0.168 e. The third-order valence-electron chi connectivity index (χ3n) is 3.66. The predicted molar refractivity (Wildman–Crippen MR) is 73.2 cm³/mol. The molecule has 1 aliphatic carbocycles. The molecule has 1 heterocycles. The zero-order chi connectivity index (χ0) is 13.1. The lowest BCUT2D eigenvalue weighted by molar-refractivity contribution is 0.0992. The maximum absolute atomic E-state index is 12.2. The first-order chi connectivity index (χ1) is 9.33. The van der Waals surface area contributed by atoms with Gasteiger partial charge in [0.25, 0.3) is 0 Å². The van der Waals surface area contributed by atoms with Gasteiger partial charge in [-0.15, -0.1) is 0 Å². The van der Waals surface area contributed by atoms with Gasteiger partial charge in [0.2, 0.25) is 0 Å². The molecule has 1 aliphatic rings. The second-order valence-electron chi connectivity index (χ2n) is 4.99. The van der Waals surface area contributed by atoms with Crippen LogP contribution in [0.5, 0.6) is 0 Å². The Labute approximate surface area is 112 Å². The van der Waals surface area contributed by atoms with Gasteiger partial charge in [0.15, 0.2) is 5.78 Å². The van der Waals surface area contributed by atoms with Crippen LogP contribution in [0.25, 0.3) is 0 Å². The van der Waals surface area contributed by atoms with Crippen LogP contribution in [0.15, 0.2) is 36.8 Å². The van der Waals surface area contributed by atoms with Crippen molar-refractivity contribution in [3.05, 3.63) is 59.2 Å². The van der Waals surface area contributed by atoms with Gasteiger partial charge in [-0.2, -0.15) is 0 Å². The fourth-order valence-corrected chi connectivity index (χ4v) is 2.60. The SMILES string of the molecule is O=C(Cc1ccncn1)c1ccc2c(c1)CCCC2. The highest BCUT2D eigenvalue weighted by molar-refractivity contribution is 5.97. The minimum absolute atomic E-state index is 0.132. The summed E-state index contributed by atoms with van der Waals surface area (Å²) >= 11 is 0. The molecule has 19 heavy (non-hydrogen) atoms. The number of benzene rings is 1. The van der Waals surface area contributed by atoms with Crippen molar-refractivity contribution in [1.29, 1.82) is 0 Å². The Morgan fingerprint density at radius 3 is 2.74 bits per heavy atom. The van der Waals surface area contributed by atoms with Crippen molar-refractivity contribution in [3.63, 3.8) is 0 Å². The largest absolute Gasteiger partial charge is 0.294 e. The van der Waals surface area contributed by atoms with E-state index in [1.165, 1.54) is 30.3 Å². The summed E-state index contributed by atoms with van der Waals surface area (Å²) in [7, 11) is 0. The van der Waals surface area contributed by atoms with Gasteiger partial charge in [0.1, 0.15) is 6.33 Å². The minimum atomic E-state index is 0.132. The zero-order valence-corrected chi connectivity index (χ0v) is 10.8. The summed E-state index contributed by atoms with van der Waals surface area (Å²) in [6, 6.07) is 7.92. The van der Waals surface area contributed by atoms with Gasteiger partial charge >= 0.3 is 0 Å². The number of carbonyl (C=O) groups is 1. The fraction of sp³-hybridized carbons (Fsp3) is 0.312. The number of hydrogen-bond donors (Lipinski definition) is 0. The van der Waals surface area contributed by atoms with E-state index in [-0.39, 0.29) is 5.78 Å². The zero-order valence-electron chi connectivity index (χ0n) is 10.8. The molecule has 0 bridgehead atoms. The Bertz CT molecular complexity index is 593. The standard InChI is InChI=1S/C16H16N2O/c19-16(10-15-7-8-17-11-18-15)14-6-5-12-3-1-2-4-13(12)9-14/h5-9,11H,1-4,10H2. The van der Waals surface area contributed by atoms with E-state index in [0.29, 0.717) is 6.42 Å². The van der Waals surface area contributed by atoms with Gasteiger partial charge in [-0.3, -0.25) is 4.79 Å². The summed E-state index contributed by atoms with van der Waals surface area (Å²) < 4.78 is 0. The first-order valence-electron chi connectivity index (χ1n) is 6.73. The molecule has 3 heteroatoms. The van der Waals surface area contributed by atoms with Crippen molar-refractivity contribution in [3.8, 4) is 0 Å². The highest BCUT2D eigenvalue weighted by atomic mass is 16.1. The van der Waals surface area contributed by atoms with Crippen LogP contribution >= 0.6 is 0 Å². The summed E-state index contributed by atoms with van der Waals surface area (Å²) in [4.78, 5) is 20.2. The molecule has 0 amide bonds. The molecule has 1 aromatic carbocycles. The lowest BCUT2D eigenvalue weighted by atomic mass is 9.89. The van der Waals surface area contributed by atoms with Crippen LogP contribution in [-0.2, 0) is 19.3 Å². The molecule has 0 N–H and O–H groups in total. The molecule has 3 rings (SSSR count). The van der Waals surface area contributed by atoms with Gasteiger partial charge in [-0.25, -0.2) is 9.97 Å². The summed E-state index contributed by atoms with van der Waals surface area (Å²) in [5.41, 5.74) is 4.33. The van der Waals surface area contributed by atoms with E-state index in [1.54, 1.807) is 12.3 Å². The van der Waals surface area contributed by atoms with E-state index < -0.39 is 0 Å². The lowest BCUT2D eigenvalue weighted by Gasteiger charge is -2.16. The summed E-state index contributed by atoms with van der Waals surface area (Å²) in [5, 5.41) is 0. The third-order valence-corrected chi connectivity index (χ3v) is 3.66. The van der Waals surface area contributed by atoms with Crippen molar-refractivity contribution in [2.24, 2.45) is 0 Å². The van der Waals surface area contributed by atoms with Crippen LogP contribution in [0.4, 0.5) is 0 Å². The highest BCUT2D eigenvalue weighted by Gasteiger charge is 2.13. The molecular formula is C16H16N2O. The molecule has 0 atom stereocenters. The molecule has 1 aromatic heterocycles. The third kappa shape index (κ3) is 2.70. The Balaban J connectivity index is 1.80. The van der Waals surface area contributed by atoms with E-state index in [4.69, 9.17) is 0 Å². The maximum atomic E-state index is 12.2. The lowest BCUT2D eigenvalue weighted by Crippen LogP contribution is -2.08. The van der Waals surface area contributed by atoms with Crippen LogP contribution in [0.2, 0.25) is 0 Å². The number of carbonyl (C=O) groups excluding carboxylic acids is 1. The predicted octanol–water partition coefficient (Wildman–Crippen LogP) is 2.78. The highest BCUT2D eigenvalue weighted by Crippen LogP contribution is 2.22. The van der Waals surface area contributed by atoms with E-state index >= 15 is 0 Å². The minimum Gasteiger partial charge on any atom is -0.294 e. The van der Waals surface area contributed by atoms with Gasteiger partial charge in [0, 0.05) is 11.8 Å². The Morgan fingerprint density at radius 2 is 1.95 bits per heavy atom. The monoisotopic (exact) mass is 252 g/mol. The van der Waals surface area contributed by atoms with Gasteiger partial charge < -0.3 is 0 Å². The molecule has 0 saturated carbocycles. The van der Waals surface area contributed by atoms with Crippen LogP contribution in [0.1, 0.15) is 40.0 Å². The number of rotatable bonds is 3. The number of aryl methyl sites for hydroxylation is 2. The normalized spacial score (nSPS) is 13.9. The summed E-state index contributed by atoms with van der Waals surface area (Å²) in [6.07, 6.45) is 8.25. The van der Waals surface area contributed by atoms with E-state index in [2.05, 4.69) is 22.1 Å². The molecule has 0 aliphatic heterocycles. The molecule has 0 fully saturated rings. The number of aromatic nitrogens is 2. The fourth-order valence-electron chi connectivity index (χ4n) is 2.60. The number of Topliss-reactive ketones (excluding diaryl/α,β-unsaturated/α-hetero) is 1. The van der Waals surface area contributed by atoms with Crippen LogP contribution in [0.3, 0.4) is 0 Å². The summed E-state index contributed by atoms with van der Waals surface area (Å²) in [5.74, 6) is 0.132. The number of nitrogens with zero attached hydrogens (tertiary/aromatic N) is 2. The van der Waals surface area contributed by atoms with Crippen molar-refractivity contribution in [2.75, 3.05) is 0 Å². The Morgan fingerprint density at radius 1 is 1.11 bits per heavy atom. The molecule has 0 saturated heterocycles. The smallest absolute Gasteiger partial charge is 0.168 e. The van der Waals surface area contributed by atoms with Gasteiger partial charge in [0.05, 0.1) is 12.1 Å². The Kier molecular flexibility index (Phi) is 3.36. The van der Waals surface area contributed by atoms with E-state index in [1.807, 2.05) is 6.07 Å². The quantitative estimate of drug-likeness (QED) is 0.789. The van der Waals surface area contributed by atoms with E-state index in [9.17, 15) is 4.79 Å². The van der Waals surface area contributed by atoms with Crippen LogP contribution < -0.4 is 0 Å². The topological polar surface area (TPSA) is 42.9 Å². The van der Waals surface area contributed by atoms with Crippen LogP contribution in [-0.4, -0.2) is 15.8 Å². The van der Waals surface area contributed by atoms with Gasteiger partial charge in [-0.1, -0.05) is 12.1 Å².